The number of likely N-dealkylation sites (tertiary alicyclic amines) is 1. The highest BCUT2D eigenvalue weighted by atomic mass is 35.5. The first kappa shape index (κ1) is 13.9. The van der Waals surface area contributed by atoms with Crippen LogP contribution in [0.15, 0.2) is 24.3 Å². The molecule has 1 aliphatic heterocycles. The van der Waals surface area contributed by atoms with Crippen molar-refractivity contribution < 1.29 is 0 Å². The molecule has 3 nitrogen and oxygen atoms in total. The van der Waals surface area contributed by atoms with E-state index in [0.29, 0.717) is 17.8 Å². The summed E-state index contributed by atoms with van der Waals surface area (Å²) in [5.74, 6) is 1.40. The number of aryl methyl sites for hydroxylation is 1. The number of hydrogen-bond acceptors (Lipinski definition) is 2. The van der Waals surface area contributed by atoms with Crippen molar-refractivity contribution in [1.82, 2.24) is 14.7 Å². The Bertz CT molecular complexity index is 592. The lowest BCUT2D eigenvalue weighted by Crippen LogP contribution is -2.33. The highest BCUT2D eigenvalue weighted by Gasteiger charge is 2.31. The Kier molecular flexibility index (Phi) is 3.99. The lowest BCUT2D eigenvalue weighted by molar-refractivity contribution is 0.239. The number of benzene rings is 1. The van der Waals surface area contributed by atoms with Crippen LogP contribution in [0.25, 0.3) is 10.9 Å². The molecule has 3 rings (SSSR count). The van der Waals surface area contributed by atoms with Crippen molar-refractivity contribution in [2.24, 2.45) is 5.92 Å². The molecule has 0 bridgehead atoms. The van der Waals surface area contributed by atoms with Crippen LogP contribution in [0.2, 0.25) is 0 Å². The molecule has 0 amide bonds. The smallest absolute Gasteiger partial charge is 0.0843 e. The zero-order chi connectivity index (χ0) is 14.1. The number of hydrogen-bond donors (Lipinski definition) is 0. The molecule has 1 aromatic heterocycles. The number of aromatic nitrogens is 2. The van der Waals surface area contributed by atoms with Gasteiger partial charge in [0, 0.05) is 30.4 Å². The lowest BCUT2D eigenvalue weighted by atomic mass is 10.0. The molecule has 1 aromatic carbocycles. The van der Waals surface area contributed by atoms with Crippen LogP contribution in [-0.4, -0.2) is 33.1 Å². The Balaban J connectivity index is 1.91. The van der Waals surface area contributed by atoms with Crippen molar-refractivity contribution in [2.45, 2.75) is 39.4 Å². The number of halogens is 1. The van der Waals surface area contributed by atoms with E-state index >= 15 is 0 Å². The highest BCUT2D eigenvalue weighted by molar-refractivity contribution is 6.18. The summed E-state index contributed by atoms with van der Waals surface area (Å²) in [5, 5.41) is 6.08. The Morgan fingerprint density at radius 2 is 2.15 bits per heavy atom. The minimum absolute atomic E-state index is 0.488. The molecule has 1 aliphatic rings. The minimum Gasteiger partial charge on any atom is -0.293 e. The van der Waals surface area contributed by atoms with Gasteiger partial charge in [-0.3, -0.25) is 9.58 Å². The second-order valence-electron chi connectivity index (χ2n) is 5.74. The van der Waals surface area contributed by atoms with Gasteiger partial charge in [-0.2, -0.15) is 5.10 Å². The maximum Gasteiger partial charge on any atom is 0.0843 e. The quantitative estimate of drug-likeness (QED) is 0.804. The maximum absolute atomic E-state index is 6.15. The van der Waals surface area contributed by atoms with Gasteiger partial charge in [0.15, 0.2) is 0 Å². The predicted octanol–water partition coefficient (Wildman–Crippen LogP) is 3.51. The van der Waals surface area contributed by atoms with Crippen LogP contribution < -0.4 is 0 Å². The summed E-state index contributed by atoms with van der Waals surface area (Å²) >= 11 is 6.15. The van der Waals surface area contributed by atoms with Gasteiger partial charge in [0.05, 0.1) is 11.2 Å². The summed E-state index contributed by atoms with van der Waals surface area (Å²) in [5.41, 5.74) is 2.42. The van der Waals surface area contributed by atoms with Crippen LogP contribution in [0.4, 0.5) is 0 Å². The zero-order valence-electron chi connectivity index (χ0n) is 12.2. The van der Waals surface area contributed by atoms with Crippen molar-refractivity contribution in [3.05, 3.63) is 30.0 Å². The Labute approximate surface area is 125 Å². The summed E-state index contributed by atoms with van der Waals surface area (Å²) in [6.45, 7) is 7.40. The number of rotatable bonds is 4. The van der Waals surface area contributed by atoms with Crippen molar-refractivity contribution in [3.8, 4) is 0 Å². The summed E-state index contributed by atoms with van der Waals surface area (Å²) < 4.78 is 2.10. The minimum atomic E-state index is 0.488. The molecule has 1 saturated heterocycles. The molecular formula is C16H22ClN3. The first-order valence-electron chi connectivity index (χ1n) is 7.49. The third kappa shape index (κ3) is 2.33. The van der Waals surface area contributed by atoms with Crippen molar-refractivity contribution in [1.29, 1.82) is 0 Å². The predicted molar refractivity (Wildman–Crippen MR) is 84.1 cm³/mol. The number of nitrogens with zero attached hydrogens (tertiary/aromatic N) is 3. The van der Waals surface area contributed by atoms with E-state index in [1.54, 1.807) is 0 Å². The first-order valence-corrected chi connectivity index (χ1v) is 8.02. The van der Waals surface area contributed by atoms with Gasteiger partial charge < -0.3 is 0 Å². The molecule has 0 aliphatic carbocycles. The second-order valence-corrected chi connectivity index (χ2v) is 6.05. The monoisotopic (exact) mass is 291 g/mol. The summed E-state index contributed by atoms with van der Waals surface area (Å²) in [6.07, 6.45) is 1.24. The van der Waals surface area contributed by atoms with E-state index in [4.69, 9.17) is 16.7 Å². The van der Waals surface area contributed by atoms with Gasteiger partial charge in [-0.15, -0.1) is 11.6 Å². The normalized spacial score (nSPS) is 23.8. The van der Waals surface area contributed by atoms with E-state index in [1.165, 1.54) is 23.0 Å². The Hall–Kier alpha value is -1.06. The Morgan fingerprint density at radius 3 is 2.90 bits per heavy atom. The highest BCUT2D eigenvalue weighted by Crippen LogP contribution is 2.28. The van der Waals surface area contributed by atoms with E-state index in [-0.39, 0.29) is 0 Å². The average molecular weight is 292 g/mol. The van der Waals surface area contributed by atoms with Crippen LogP contribution in [0.5, 0.6) is 0 Å². The topological polar surface area (TPSA) is 21.1 Å². The van der Waals surface area contributed by atoms with Gasteiger partial charge in [0.25, 0.3) is 0 Å². The molecule has 1 fully saturated rings. The van der Waals surface area contributed by atoms with Crippen LogP contribution in [0.3, 0.4) is 0 Å². The SMILES string of the molecule is CCn1nc(CN2CCC(C)C2CCl)c2ccccc21. The fourth-order valence-electron chi connectivity index (χ4n) is 3.28. The molecule has 2 aromatic rings. The van der Waals surface area contributed by atoms with Crippen LogP contribution in [-0.2, 0) is 13.1 Å². The second kappa shape index (κ2) is 5.74. The van der Waals surface area contributed by atoms with E-state index in [1.807, 2.05) is 0 Å². The fourth-order valence-corrected chi connectivity index (χ4v) is 3.78. The van der Waals surface area contributed by atoms with Gasteiger partial charge in [0.1, 0.15) is 0 Å². The van der Waals surface area contributed by atoms with Gasteiger partial charge in [-0.05, 0) is 31.9 Å². The van der Waals surface area contributed by atoms with E-state index in [0.717, 1.165) is 19.6 Å². The molecule has 0 spiro atoms. The molecule has 20 heavy (non-hydrogen) atoms. The van der Waals surface area contributed by atoms with E-state index < -0.39 is 0 Å². The molecule has 2 unspecified atom stereocenters. The summed E-state index contributed by atoms with van der Waals surface area (Å²) in [7, 11) is 0. The largest absolute Gasteiger partial charge is 0.293 e. The van der Waals surface area contributed by atoms with Gasteiger partial charge in [-0.1, -0.05) is 25.1 Å². The van der Waals surface area contributed by atoms with Crippen LogP contribution in [0, 0.1) is 5.92 Å². The van der Waals surface area contributed by atoms with Crippen LogP contribution in [0.1, 0.15) is 26.0 Å². The third-order valence-corrected chi connectivity index (χ3v) is 4.86. The van der Waals surface area contributed by atoms with Crippen molar-refractivity contribution in [3.63, 3.8) is 0 Å². The molecule has 2 atom stereocenters. The van der Waals surface area contributed by atoms with E-state index in [2.05, 4.69) is 47.7 Å². The standard InChI is InChI=1S/C16H22ClN3/c1-3-20-15-7-5-4-6-13(15)14(18-20)11-19-9-8-12(2)16(19)10-17/h4-7,12,16H,3,8-11H2,1-2H3. The Morgan fingerprint density at radius 1 is 1.35 bits per heavy atom. The number of alkyl halides is 1. The summed E-state index contributed by atoms with van der Waals surface area (Å²) in [4.78, 5) is 2.49. The zero-order valence-corrected chi connectivity index (χ0v) is 13.0. The first-order chi connectivity index (χ1) is 9.74. The molecule has 0 N–H and O–H groups in total. The average Bonchev–Trinajstić information content (AvgIpc) is 3.01. The maximum atomic E-state index is 6.15. The van der Waals surface area contributed by atoms with Gasteiger partial charge in [0.2, 0.25) is 0 Å². The molecule has 108 valence electrons. The lowest BCUT2D eigenvalue weighted by Gasteiger charge is -2.24. The third-order valence-electron chi connectivity index (χ3n) is 4.54. The molecule has 0 saturated carbocycles. The number of fused-ring (bicyclic) bond motifs is 1. The van der Waals surface area contributed by atoms with Crippen molar-refractivity contribution in [2.75, 3.05) is 12.4 Å². The van der Waals surface area contributed by atoms with Crippen LogP contribution >= 0.6 is 11.6 Å². The molecule has 2 heterocycles. The molecule has 4 heteroatoms. The summed E-state index contributed by atoms with van der Waals surface area (Å²) in [6, 6.07) is 9.00. The number of para-hydroxylation sites is 1. The molecule has 0 radical (unpaired) electrons. The van der Waals surface area contributed by atoms with Crippen molar-refractivity contribution >= 4 is 22.5 Å². The fraction of sp³-hybridized carbons (Fsp3) is 0.562. The van der Waals surface area contributed by atoms with Gasteiger partial charge in [-0.25, -0.2) is 0 Å². The molecular weight excluding hydrogens is 270 g/mol. The van der Waals surface area contributed by atoms with E-state index in [9.17, 15) is 0 Å². The van der Waals surface area contributed by atoms with Gasteiger partial charge >= 0.3 is 0 Å².